The summed E-state index contributed by atoms with van der Waals surface area (Å²) in [6.07, 6.45) is -0.789. The average Bonchev–Trinajstić information content (AvgIpc) is 3.74. The minimum absolute atomic E-state index is 0.00511. The van der Waals surface area contributed by atoms with Gasteiger partial charge in [0.1, 0.15) is 18.2 Å². The first kappa shape index (κ1) is 38.7. The van der Waals surface area contributed by atoms with Crippen molar-refractivity contribution in [1.82, 2.24) is 9.80 Å². The fourth-order valence-corrected chi connectivity index (χ4v) is 9.10. The molecule has 4 atom stereocenters. The average molecular weight is 799 g/mol. The number of anilines is 1. The molecular formula is C38H37Cl2N3O10S. The summed E-state index contributed by atoms with van der Waals surface area (Å²) in [5.74, 6) is -1.45. The summed E-state index contributed by atoms with van der Waals surface area (Å²) < 4.78 is 52.0. The molecule has 2 amide bonds. The van der Waals surface area contributed by atoms with Crippen LogP contribution in [0, 0.1) is 0 Å². The monoisotopic (exact) mass is 797 g/mol. The third-order valence-corrected chi connectivity index (χ3v) is 12.1. The number of hydrogen-bond acceptors (Lipinski definition) is 10. The summed E-state index contributed by atoms with van der Waals surface area (Å²) in [6, 6.07) is 19.2. The van der Waals surface area contributed by atoms with Crippen LogP contribution in [0.3, 0.4) is 0 Å². The summed E-state index contributed by atoms with van der Waals surface area (Å²) >= 11 is 13.2. The van der Waals surface area contributed by atoms with E-state index in [2.05, 4.69) is 0 Å². The van der Waals surface area contributed by atoms with Crippen molar-refractivity contribution in [3.63, 3.8) is 0 Å². The van der Waals surface area contributed by atoms with E-state index < -0.39 is 51.7 Å². The smallest absolute Gasteiger partial charge is 0.410 e. The van der Waals surface area contributed by atoms with E-state index in [4.69, 9.17) is 42.1 Å². The molecule has 16 heteroatoms. The van der Waals surface area contributed by atoms with Crippen LogP contribution in [0.1, 0.15) is 23.1 Å². The number of hydrogen-bond donors (Lipinski definition) is 1. The number of esters is 1. The zero-order valence-electron chi connectivity index (χ0n) is 29.6. The maximum Gasteiger partial charge on any atom is 0.410 e. The van der Waals surface area contributed by atoms with Gasteiger partial charge in [0.05, 0.1) is 38.0 Å². The quantitative estimate of drug-likeness (QED) is 0.211. The maximum atomic E-state index is 15.3. The van der Waals surface area contributed by atoms with Crippen molar-refractivity contribution in [2.75, 3.05) is 39.2 Å². The Morgan fingerprint density at radius 3 is 2.24 bits per heavy atom. The molecule has 2 aliphatic heterocycles. The van der Waals surface area contributed by atoms with Crippen molar-refractivity contribution in [2.45, 2.75) is 41.6 Å². The molecule has 284 valence electrons. The van der Waals surface area contributed by atoms with Gasteiger partial charge in [0, 0.05) is 47.3 Å². The molecule has 0 spiro atoms. The summed E-state index contributed by atoms with van der Waals surface area (Å²) in [4.78, 5) is 44.0. The predicted octanol–water partition coefficient (Wildman–Crippen LogP) is 5.24. The van der Waals surface area contributed by atoms with Gasteiger partial charge in [-0.15, -0.1) is 0 Å². The minimum Gasteiger partial charge on any atom is -0.493 e. The van der Waals surface area contributed by atoms with E-state index in [-0.39, 0.29) is 62.8 Å². The van der Waals surface area contributed by atoms with Gasteiger partial charge < -0.3 is 33.9 Å². The molecule has 13 nitrogen and oxygen atoms in total. The molecule has 0 radical (unpaired) electrons. The Morgan fingerprint density at radius 2 is 1.57 bits per heavy atom. The topological polar surface area (TPSA) is 152 Å². The molecule has 1 fully saturated rings. The van der Waals surface area contributed by atoms with Crippen molar-refractivity contribution in [1.29, 1.82) is 0 Å². The van der Waals surface area contributed by atoms with Gasteiger partial charge in [-0.2, -0.15) is 0 Å². The van der Waals surface area contributed by atoms with Crippen LogP contribution in [0.15, 0.2) is 95.9 Å². The van der Waals surface area contributed by atoms with Crippen LogP contribution in [0.25, 0.3) is 0 Å². The fourth-order valence-electron chi connectivity index (χ4n) is 6.99. The van der Waals surface area contributed by atoms with Crippen LogP contribution < -0.4 is 13.8 Å². The van der Waals surface area contributed by atoms with Crippen LogP contribution in [-0.4, -0.2) is 94.3 Å². The van der Waals surface area contributed by atoms with Crippen LogP contribution in [-0.2, 0) is 41.3 Å². The second-order valence-electron chi connectivity index (χ2n) is 12.7. The fraction of sp³-hybridized carbons (Fsp3) is 0.289. The number of halogens is 2. The number of carbonyl (C=O) groups excluding carboxylic acids is 3. The van der Waals surface area contributed by atoms with Gasteiger partial charge >= 0.3 is 12.1 Å². The number of fused-ring (bicyclic) bond motifs is 1. The number of rotatable bonds is 10. The normalized spacial score (nSPS) is 20.6. The van der Waals surface area contributed by atoms with Gasteiger partial charge in [-0.05, 0) is 42.0 Å². The Morgan fingerprint density at radius 1 is 0.889 bits per heavy atom. The Hall–Kier alpha value is -5.02. The van der Waals surface area contributed by atoms with E-state index in [1.54, 1.807) is 24.3 Å². The lowest BCUT2D eigenvalue weighted by Gasteiger charge is -2.38. The van der Waals surface area contributed by atoms with E-state index in [0.29, 0.717) is 0 Å². The number of sulfonamides is 1. The molecule has 6 rings (SSSR count). The van der Waals surface area contributed by atoms with Crippen molar-refractivity contribution in [3.05, 3.63) is 118 Å². The molecule has 2 unspecified atom stereocenters. The number of carbonyl (C=O) groups is 3. The predicted molar refractivity (Wildman–Crippen MR) is 199 cm³/mol. The van der Waals surface area contributed by atoms with E-state index in [0.717, 1.165) is 21.9 Å². The Balaban J connectivity index is 1.48. The zero-order chi connectivity index (χ0) is 38.9. The van der Waals surface area contributed by atoms with E-state index >= 15 is 4.79 Å². The summed E-state index contributed by atoms with van der Waals surface area (Å²) in [7, 11) is 0.607. The van der Waals surface area contributed by atoms with Crippen LogP contribution >= 0.6 is 23.2 Å². The Labute approximate surface area is 322 Å². The molecule has 0 saturated carbocycles. The maximum absolute atomic E-state index is 15.3. The minimum atomic E-state index is -4.76. The number of benzene rings is 4. The van der Waals surface area contributed by atoms with Crippen LogP contribution in [0.5, 0.6) is 11.5 Å². The van der Waals surface area contributed by atoms with Crippen molar-refractivity contribution in [2.24, 2.45) is 0 Å². The number of aliphatic hydroxyl groups is 1. The van der Waals surface area contributed by atoms with E-state index in [1.807, 2.05) is 18.2 Å². The number of nitrogens with zero attached hydrogens (tertiary/aromatic N) is 3. The second-order valence-corrected chi connectivity index (χ2v) is 15.4. The van der Waals surface area contributed by atoms with Crippen molar-refractivity contribution >= 4 is 56.9 Å². The van der Waals surface area contributed by atoms with Crippen molar-refractivity contribution in [3.8, 4) is 11.5 Å². The molecule has 1 saturated heterocycles. The molecular weight excluding hydrogens is 761 g/mol. The van der Waals surface area contributed by atoms with E-state index in [1.165, 1.54) is 74.7 Å². The Kier molecular flexibility index (Phi) is 11.0. The Bertz CT molecular complexity index is 2190. The highest BCUT2D eigenvalue weighted by Gasteiger charge is 2.61. The summed E-state index contributed by atoms with van der Waals surface area (Å²) in [6.45, 7) is -0.261. The first-order valence-electron chi connectivity index (χ1n) is 16.6. The summed E-state index contributed by atoms with van der Waals surface area (Å²) in [5.41, 5.74) is -1.80. The highest BCUT2D eigenvalue weighted by molar-refractivity contribution is 7.93. The molecule has 0 aliphatic carbocycles. The SMILES string of the molecule is COC(=O)[C@@H]1C[C@H](N(C)C(=O)OCc2ccccc2)CN1C(=O)C1N(S(=O)(=O)c2ccc(OC)c(OC)c2)c2ccc(Cl)cc2C1(O)c1ccccc1Cl. The number of methoxy groups -OCH3 is 3. The van der Waals surface area contributed by atoms with E-state index in [9.17, 15) is 23.1 Å². The number of likely N-dealkylation sites (N-methyl/N-ethyl adjacent to an activating group) is 1. The van der Waals surface area contributed by atoms with Gasteiger partial charge in [0.15, 0.2) is 17.5 Å². The van der Waals surface area contributed by atoms with Gasteiger partial charge in [-0.1, -0.05) is 71.7 Å². The zero-order valence-corrected chi connectivity index (χ0v) is 32.0. The van der Waals surface area contributed by atoms with Gasteiger partial charge in [0.2, 0.25) is 0 Å². The molecule has 2 aliphatic rings. The third-order valence-electron chi connectivity index (χ3n) is 9.74. The molecule has 0 bridgehead atoms. The standard InChI is InChI=1S/C38H37Cl2N3O10S/c1-41(37(46)53-22-23-10-6-5-7-11-23)25-19-31(36(45)52-4)42(21-25)35(44)34-38(47,27-12-8-9-13-29(27)40)28-18-24(39)14-16-30(28)43(34)54(48,49)26-15-17-32(50-2)33(20-26)51-3/h5-18,20,25,31,34,47H,19,21-22H2,1-4H3/t25-,31-,34?,38?/m0/s1. The van der Waals surface area contributed by atoms with Gasteiger partial charge in [-0.25, -0.2) is 22.3 Å². The number of likely N-dealkylation sites (tertiary alicyclic amines) is 1. The first-order valence-corrected chi connectivity index (χ1v) is 18.8. The lowest BCUT2D eigenvalue weighted by atomic mass is 9.82. The lowest BCUT2D eigenvalue weighted by Crippen LogP contribution is -2.59. The van der Waals surface area contributed by atoms with Gasteiger partial charge in [0.25, 0.3) is 15.9 Å². The first-order chi connectivity index (χ1) is 25.8. The molecule has 0 aromatic heterocycles. The highest BCUT2D eigenvalue weighted by atomic mass is 35.5. The van der Waals surface area contributed by atoms with Crippen molar-refractivity contribution < 1.29 is 46.9 Å². The summed E-state index contributed by atoms with van der Waals surface area (Å²) in [5, 5.41) is 13.2. The highest BCUT2D eigenvalue weighted by Crippen LogP contribution is 2.53. The molecule has 54 heavy (non-hydrogen) atoms. The lowest BCUT2D eigenvalue weighted by molar-refractivity contribution is -0.152. The molecule has 1 N–H and O–H groups in total. The van der Waals surface area contributed by atoms with Crippen LogP contribution in [0.4, 0.5) is 10.5 Å². The third kappa shape index (κ3) is 6.79. The second kappa shape index (κ2) is 15.4. The molecule has 4 aromatic carbocycles. The number of amides is 2. The largest absolute Gasteiger partial charge is 0.493 e. The molecule has 2 heterocycles. The molecule has 4 aromatic rings. The number of ether oxygens (including phenoxy) is 4. The van der Waals surface area contributed by atoms with Gasteiger partial charge in [-0.3, -0.25) is 4.79 Å². The van der Waals surface area contributed by atoms with Crippen LogP contribution in [0.2, 0.25) is 10.0 Å².